The Morgan fingerprint density at radius 3 is 1.22 bits per heavy atom. The molecule has 7 nitrogen and oxygen atoms in total. The highest BCUT2D eigenvalue weighted by Crippen LogP contribution is 2.20. The van der Waals surface area contributed by atoms with Crippen molar-refractivity contribution in [3.8, 4) is 0 Å². The molecule has 0 saturated carbocycles. The summed E-state index contributed by atoms with van der Waals surface area (Å²) in [7, 11) is 0. The smallest absolute Gasteiger partial charge is 0.306 e. The summed E-state index contributed by atoms with van der Waals surface area (Å²) in [5, 5.41) is 19.2. The van der Waals surface area contributed by atoms with Crippen LogP contribution in [0.25, 0.3) is 0 Å². The van der Waals surface area contributed by atoms with Crippen molar-refractivity contribution in [2.24, 2.45) is 0 Å². The first-order chi connectivity index (χ1) is 24.5. The quantitative estimate of drug-likeness (QED) is 0.0385. The van der Waals surface area contributed by atoms with Crippen molar-refractivity contribution in [1.29, 1.82) is 0 Å². The molecule has 0 aliphatic carbocycles. The van der Waals surface area contributed by atoms with E-state index in [4.69, 9.17) is 9.47 Å². The van der Waals surface area contributed by atoms with Gasteiger partial charge in [-0.25, -0.2) is 0 Å². The summed E-state index contributed by atoms with van der Waals surface area (Å²) in [6, 6.07) is 0. The summed E-state index contributed by atoms with van der Waals surface area (Å²) in [6.07, 6.45) is 39.5. The molecule has 1 aliphatic heterocycles. The fourth-order valence-electron chi connectivity index (χ4n) is 6.69. The largest absolute Gasteiger partial charge is 0.457 e. The van der Waals surface area contributed by atoms with Crippen molar-refractivity contribution in [2.45, 2.75) is 212 Å². The van der Waals surface area contributed by atoms with Crippen molar-refractivity contribution in [1.82, 2.24) is 4.90 Å². The highest BCUT2D eigenvalue weighted by Gasteiger charge is 2.38. The average molecular weight is 706 g/mol. The van der Waals surface area contributed by atoms with E-state index in [0.29, 0.717) is 25.9 Å². The Kier molecular flexibility index (Phi) is 31.9. The van der Waals surface area contributed by atoms with Gasteiger partial charge in [-0.3, -0.25) is 14.5 Å². The van der Waals surface area contributed by atoms with E-state index >= 15 is 0 Å². The van der Waals surface area contributed by atoms with Crippen molar-refractivity contribution >= 4 is 11.9 Å². The number of likely N-dealkylation sites (tertiary alicyclic amines) is 1. The number of rotatable bonds is 35. The van der Waals surface area contributed by atoms with Gasteiger partial charge in [-0.2, -0.15) is 0 Å². The minimum Gasteiger partial charge on any atom is -0.457 e. The molecular formula is C43H79NO6. The van der Waals surface area contributed by atoms with Crippen molar-refractivity contribution in [3.63, 3.8) is 0 Å². The van der Waals surface area contributed by atoms with Crippen LogP contribution >= 0.6 is 0 Å². The van der Waals surface area contributed by atoms with Crippen LogP contribution in [0.2, 0.25) is 0 Å². The number of carbonyl (C=O) groups excluding carboxylic acids is 2. The predicted octanol–water partition coefficient (Wildman–Crippen LogP) is 10.6. The summed E-state index contributed by atoms with van der Waals surface area (Å²) < 4.78 is 11.6. The maximum Gasteiger partial charge on any atom is 0.306 e. The number of allylic oxidation sites excluding steroid dienone is 4. The van der Waals surface area contributed by atoms with Crippen LogP contribution in [0, 0.1) is 0 Å². The van der Waals surface area contributed by atoms with Crippen molar-refractivity contribution < 1.29 is 29.3 Å². The van der Waals surface area contributed by atoms with E-state index in [9.17, 15) is 19.8 Å². The second-order valence-corrected chi connectivity index (χ2v) is 14.8. The number of β-amino-alcohol motifs (C(OH)–C–C–N with tert-alkyl or cyclic N) is 1. The van der Waals surface area contributed by atoms with Crippen LogP contribution in [0.15, 0.2) is 24.3 Å². The van der Waals surface area contributed by atoms with Crippen LogP contribution in [-0.4, -0.2) is 71.6 Å². The summed E-state index contributed by atoms with van der Waals surface area (Å²) in [4.78, 5) is 27.3. The van der Waals surface area contributed by atoms with Gasteiger partial charge in [0, 0.05) is 32.5 Å². The maximum absolute atomic E-state index is 12.7. The molecule has 0 amide bonds. The second kappa shape index (κ2) is 34.4. The van der Waals surface area contributed by atoms with Gasteiger partial charge in [0.25, 0.3) is 0 Å². The van der Waals surface area contributed by atoms with Gasteiger partial charge in [-0.05, 0) is 64.2 Å². The summed E-state index contributed by atoms with van der Waals surface area (Å²) in [5.41, 5.74) is 0. The van der Waals surface area contributed by atoms with Gasteiger partial charge < -0.3 is 19.7 Å². The van der Waals surface area contributed by atoms with E-state index in [2.05, 4.69) is 38.2 Å². The Balaban J connectivity index is 2.19. The molecule has 292 valence electrons. The third kappa shape index (κ3) is 28.0. The molecule has 0 aromatic rings. The van der Waals surface area contributed by atoms with E-state index < -0.39 is 18.3 Å². The molecule has 1 heterocycles. The first-order valence-corrected chi connectivity index (χ1v) is 21.2. The number of hydrogen-bond acceptors (Lipinski definition) is 7. The standard InChI is InChI=1S/C43H79NO6/c1-3-5-7-9-11-13-15-17-19-21-23-25-27-29-31-33-42(47)49-40-36-44(35-39(46)38-45)37-41(40)50-43(48)34-32-30-28-26-24-22-20-18-16-14-12-10-8-6-4-2/h17-20,39-41,45-46H,3-16,21-38H2,1-2H3. The third-order valence-electron chi connectivity index (χ3n) is 9.82. The topological polar surface area (TPSA) is 96.3 Å². The first kappa shape index (κ1) is 46.3. The zero-order valence-corrected chi connectivity index (χ0v) is 32.6. The SMILES string of the molecule is CCCCCCCCC=CCCCCCCCC(=O)OC1CN(CC(O)CO)CC1OC(=O)CCCCCCCC=CCCCCCCCC. The molecule has 0 spiro atoms. The van der Waals surface area contributed by atoms with E-state index in [1.54, 1.807) is 0 Å². The molecule has 50 heavy (non-hydrogen) atoms. The van der Waals surface area contributed by atoms with Gasteiger partial charge in [0.2, 0.25) is 0 Å². The molecule has 0 aromatic heterocycles. The maximum atomic E-state index is 12.7. The lowest BCUT2D eigenvalue weighted by molar-refractivity contribution is -0.164. The van der Waals surface area contributed by atoms with Crippen LogP contribution in [0.5, 0.6) is 0 Å². The highest BCUT2D eigenvalue weighted by atomic mass is 16.6. The molecule has 2 N–H and O–H groups in total. The van der Waals surface area contributed by atoms with Crippen LogP contribution in [0.1, 0.15) is 194 Å². The summed E-state index contributed by atoms with van der Waals surface area (Å²) in [5.74, 6) is -0.508. The van der Waals surface area contributed by atoms with Crippen LogP contribution < -0.4 is 0 Å². The highest BCUT2D eigenvalue weighted by molar-refractivity contribution is 5.70. The number of esters is 2. The van der Waals surface area contributed by atoms with Gasteiger partial charge in [0.1, 0.15) is 0 Å². The molecule has 7 heteroatoms. The molecule has 3 atom stereocenters. The molecule has 3 unspecified atom stereocenters. The average Bonchev–Trinajstić information content (AvgIpc) is 3.47. The number of aliphatic hydroxyl groups excluding tert-OH is 2. The van der Waals surface area contributed by atoms with Crippen molar-refractivity contribution in [2.75, 3.05) is 26.2 Å². The zero-order valence-electron chi connectivity index (χ0n) is 32.6. The van der Waals surface area contributed by atoms with Crippen molar-refractivity contribution in [3.05, 3.63) is 24.3 Å². The Labute approximate surface area is 308 Å². The number of ether oxygens (including phenoxy) is 2. The van der Waals surface area contributed by atoms with Gasteiger partial charge in [-0.1, -0.05) is 141 Å². The number of hydrogen-bond donors (Lipinski definition) is 2. The zero-order chi connectivity index (χ0) is 36.3. The molecule has 1 rings (SSSR count). The lowest BCUT2D eigenvalue weighted by Crippen LogP contribution is -2.33. The van der Waals surface area contributed by atoms with Gasteiger partial charge in [-0.15, -0.1) is 0 Å². The lowest BCUT2D eigenvalue weighted by atomic mass is 10.1. The van der Waals surface area contributed by atoms with E-state index in [0.717, 1.165) is 51.4 Å². The Bertz CT molecular complexity index is 783. The molecule has 1 aliphatic rings. The molecule has 1 fully saturated rings. The minimum atomic E-state index is -0.882. The molecule has 0 radical (unpaired) electrons. The first-order valence-electron chi connectivity index (χ1n) is 21.2. The molecule has 1 saturated heterocycles. The third-order valence-corrected chi connectivity index (χ3v) is 9.82. The number of aliphatic hydroxyl groups is 2. The number of carbonyl (C=O) groups is 2. The van der Waals surface area contributed by atoms with Crippen LogP contribution in [0.3, 0.4) is 0 Å². The normalized spacial score (nSPS) is 17.3. The fourth-order valence-corrected chi connectivity index (χ4v) is 6.69. The monoisotopic (exact) mass is 706 g/mol. The van der Waals surface area contributed by atoms with Crippen LogP contribution in [0.4, 0.5) is 0 Å². The minimum absolute atomic E-state index is 0.251. The van der Waals surface area contributed by atoms with Crippen LogP contribution in [-0.2, 0) is 19.1 Å². The molecule has 0 bridgehead atoms. The summed E-state index contributed by atoms with van der Waals surface area (Å²) in [6.45, 7) is 5.21. The predicted molar refractivity (Wildman–Crippen MR) is 208 cm³/mol. The van der Waals surface area contributed by atoms with E-state index in [-0.39, 0.29) is 25.1 Å². The fraction of sp³-hybridized carbons (Fsp3) is 0.860. The Morgan fingerprint density at radius 2 is 0.880 bits per heavy atom. The Hall–Kier alpha value is -1.70. The lowest BCUT2D eigenvalue weighted by Gasteiger charge is -2.19. The summed E-state index contributed by atoms with van der Waals surface area (Å²) >= 11 is 0. The Morgan fingerprint density at radius 1 is 0.560 bits per heavy atom. The second-order valence-electron chi connectivity index (χ2n) is 14.8. The van der Waals surface area contributed by atoms with E-state index in [1.807, 2.05) is 4.90 Å². The molecular weight excluding hydrogens is 626 g/mol. The number of nitrogens with zero attached hydrogens (tertiary/aromatic N) is 1. The molecule has 0 aromatic carbocycles. The number of unbranched alkanes of at least 4 members (excludes halogenated alkanes) is 22. The van der Waals surface area contributed by atoms with Gasteiger partial charge >= 0.3 is 11.9 Å². The van der Waals surface area contributed by atoms with Gasteiger partial charge in [0.15, 0.2) is 12.2 Å². The van der Waals surface area contributed by atoms with E-state index in [1.165, 1.54) is 116 Å². The van der Waals surface area contributed by atoms with Gasteiger partial charge in [0.05, 0.1) is 12.7 Å².